The number of hydrogen-bond acceptors (Lipinski definition) is 8. The first-order valence-electron chi connectivity index (χ1n) is 11.1. The molecule has 3 aromatic heterocycles. The Morgan fingerprint density at radius 1 is 1.34 bits per heavy atom. The Morgan fingerprint density at radius 3 is 2.77 bits per heavy atom. The number of ether oxygens (including phenoxy) is 2. The summed E-state index contributed by atoms with van der Waals surface area (Å²) in [5.41, 5.74) is 6.63. The Balaban J connectivity index is 1.63. The molecule has 11 nitrogen and oxygen atoms in total. The molecule has 4 heterocycles. The summed E-state index contributed by atoms with van der Waals surface area (Å²) < 4.78 is 31.4. The SMILES string of the molecule is Cc1onc(-c2ccc(F)cn2)c1COc1cc(C(=O)NC(C)(C)C)n(C2CCOC2C(N)=O)n1. The first kappa shape index (κ1) is 24.3. The van der Waals surface area contributed by atoms with Crippen molar-refractivity contribution in [1.29, 1.82) is 0 Å². The third kappa shape index (κ3) is 5.32. The lowest BCUT2D eigenvalue weighted by Gasteiger charge is -2.22. The number of rotatable bonds is 7. The van der Waals surface area contributed by atoms with E-state index >= 15 is 0 Å². The van der Waals surface area contributed by atoms with Gasteiger partial charge in [-0.2, -0.15) is 0 Å². The zero-order chi connectivity index (χ0) is 25.3. The molecular formula is C23H27FN6O5. The molecule has 12 heteroatoms. The van der Waals surface area contributed by atoms with Gasteiger partial charge in [0.15, 0.2) is 6.10 Å². The van der Waals surface area contributed by atoms with E-state index in [1.54, 1.807) is 6.92 Å². The van der Waals surface area contributed by atoms with Crippen molar-refractivity contribution in [2.24, 2.45) is 5.73 Å². The first-order chi connectivity index (χ1) is 16.5. The summed E-state index contributed by atoms with van der Waals surface area (Å²) in [6.45, 7) is 7.59. The van der Waals surface area contributed by atoms with Crippen LogP contribution in [0.3, 0.4) is 0 Å². The number of aromatic nitrogens is 4. The Labute approximate surface area is 200 Å². The molecule has 0 radical (unpaired) electrons. The third-order valence-corrected chi connectivity index (χ3v) is 5.41. The van der Waals surface area contributed by atoms with Crippen LogP contribution in [0.1, 0.15) is 55.0 Å². The number of nitrogens with zero attached hydrogens (tertiary/aromatic N) is 4. The number of nitrogens with one attached hydrogen (secondary N) is 1. The topological polar surface area (TPSA) is 147 Å². The maximum atomic E-state index is 13.3. The lowest BCUT2D eigenvalue weighted by molar-refractivity contribution is -0.128. The molecule has 4 rings (SSSR count). The largest absolute Gasteiger partial charge is 0.471 e. The van der Waals surface area contributed by atoms with Gasteiger partial charge in [0.05, 0.1) is 23.5 Å². The van der Waals surface area contributed by atoms with Gasteiger partial charge in [0, 0.05) is 18.2 Å². The molecule has 0 aromatic carbocycles. The lowest BCUT2D eigenvalue weighted by Crippen LogP contribution is -2.42. The number of pyridine rings is 1. The van der Waals surface area contributed by atoms with Crippen molar-refractivity contribution in [3.05, 3.63) is 47.2 Å². The van der Waals surface area contributed by atoms with Crippen LogP contribution in [0, 0.1) is 12.7 Å². The normalized spacial score (nSPS) is 18.0. The summed E-state index contributed by atoms with van der Waals surface area (Å²) in [4.78, 5) is 29.0. The van der Waals surface area contributed by atoms with E-state index in [1.807, 2.05) is 20.8 Å². The molecule has 2 unspecified atom stereocenters. The second kappa shape index (κ2) is 9.45. The Hall–Kier alpha value is -3.80. The number of amides is 2. The van der Waals surface area contributed by atoms with Crippen LogP contribution in [-0.2, 0) is 16.1 Å². The fourth-order valence-electron chi connectivity index (χ4n) is 3.79. The van der Waals surface area contributed by atoms with E-state index in [1.165, 1.54) is 22.9 Å². The summed E-state index contributed by atoms with van der Waals surface area (Å²) in [5.74, 6) is -0.841. The predicted octanol–water partition coefficient (Wildman–Crippen LogP) is 2.30. The quantitative estimate of drug-likeness (QED) is 0.517. The molecule has 1 aliphatic rings. The highest BCUT2D eigenvalue weighted by Gasteiger charge is 2.37. The van der Waals surface area contributed by atoms with E-state index in [-0.39, 0.29) is 24.1 Å². The van der Waals surface area contributed by atoms with Crippen molar-refractivity contribution in [3.8, 4) is 17.3 Å². The van der Waals surface area contributed by atoms with Gasteiger partial charge < -0.3 is 25.0 Å². The fraction of sp³-hybridized carbons (Fsp3) is 0.435. The lowest BCUT2D eigenvalue weighted by atomic mass is 10.1. The second-order valence-electron chi connectivity index (χ2n) is 9.28. The van der Waals surface area contributed by atoms with Crippen molar-refractivity contribution in [1.82, 2.24) is 25.2 Å². The predicted molar refractivity (Wildman–Crippen MR) is 121 cm³/mol. The Morgan fingerprint density at radius 2 is 2.11 bits per heavy atom. The molecular weight excluding hydrogens is 459 g/mol. The molecule has 0 saturated carbocycles. The van der Waals surface area contributed by atoms with Gasteiger partial charge in [-0.05, 0) is 46.2 Å². The van der Waals surface area contributed by atoms with Gasteiger partial charge in [-0.25, -0.2) is 9.07 Å². The van der Waals surface area contributed by atoms with Gasteiger partial charge in [0.1, 0.15) is 29.6 Å². The standard InChI is InChI=1S/C23H27FN6O5/c1-12-14(19(29-35-12)15-6-5-13(24)10-26-15)11-34-18-9-17(22(32)27-23(2,3)4)30(28-18)16-7-8-33-20(16)21(25)31/h5-6,9-10,16,20H,7-8,11H2,1-4H3,(H2,25,31)(H,27,32). The van der Waals surface area contributed by atoms with E-state index in [0.29, 0.717) is 35.7 Å². The molecule has 3 N–H and O–H groups in total. The highest BCUT2D eigenvalue weighted by molar-refractivity contribution is 5.93. The minimum absolute atomic E-state index is 0.00147. The number of halogens is 1. The highest BCUT2D eigenvalue weighted by Crippen LogP contribution is 2.30. The number of primary amides is 1. The van der Waals surface area contributed by atoms with E-state index in [9.17, 15) is 14.0 Å². The van der Waals surface area contributed by atoms with Gasteiger partial charge in [-0.15, -0.1) is 5.10 Å². The molecule has 3 aromatic rings. The van der Waals surface area contributed by atoms with Crippen LogP contribution in [-0.4, -0.2) is 50.0 Å². The summed E-state index contributed by atoms with van der Waals surface area (Å²) in [6.07, 6.45) is 0.626. The fourth-order valence-corrected chi connectivity index (χ4v) is 3.79. The number of nitrogens with two attached hydrogens (primary N) is 1. The molecule has 2 amide bonds. The second-order valence-corrected chi connectivity index (χ2v) is 9.28. The van der Waals surface area contributed by atoms with Crippen molar-refractivity contribution in [2.45, 2.75) is 58.4 Å². The maximum absolute atomic E-state index is 13.3. The van der Waals surface area contributed by atoms with Crippen LogP contribution in [0.4, 0.5) is 4.39 Å². The highest BCUT2D eigenvalue weighted by atomic mass is 19.1. The van der Waals surface area contributed by atoms with Crippen molar-refractivity contribution in [3.63, 3.8) is 0 Å². The van der Waals surface area contributed by atoms with Gasteiger partial charge in [0.2, 0.25) is 11.8 Å². The monoisotopic (exact) mass is 486 g/mol. The molecule has 35 heavy (non-hydrogen) atoms. The van der Waals surface area contributed by atoms with Crippen molar-refractivity contribution >= 4 is 11.8 Å². The van der Waals surface area contributed by atoms with Crippen LogP contribution >= 0.6 is 0 Å². The van der Waals surface area contributed by atoms with Gasteiger partial charge >= 0.3 is 0 Å². The smallest absolute Gasteiger partial charge is 0.270 e. The molecule has 1 fully saturated rings. The van der Waals surface area contributed by atoms with E-state index in [0.717, 1.165) is 6.20 Å². The molecule has 2 atom stereocenters. The number of carbonyl (C=O) groups is 2. The van der Waals surface area contributed by atoms with Crippen LogP contribution in [0.15, 0.2) is 28.9 Å². The minimum atomic E-state index is -0.916. The van der Waals surface area contributed by atoms with Gasteiger partial charge in [-0.3, -0.25) is 14.6 Å². The number of hydrogen-bond donors (Lipinski definition) is 2. The molecule has 1 aliphatic heterocycles. The van der Waals surface area contributed by atoms with Crippen LogP contribution < -0.4 is 15.8 Å². The van der Waals surface area contributed by atoms with Crippen molar-refractivity contribution < 1.29 is 28.0 Å². The molecule has 1 saturated heterocycles. The van der Waals surface area contributed by atoms with Crippen LogP contribution in [0.25, 0.3) is 11.4 Å². The summed E-state index contributed by atoms with van der Waals surface area (Å²) in [7, 11) is 0. The summed E-state index contributed by atoms with van der Waals surface area (Å²) in [5, 5.41) is 11.4. The zero-order valence-electron chi connectivity index (χ0n) is 19.9. The average Bonchev–Trinajstić information content (AvgIpc) is 3.49. The molecule has 0 spiro atoms. The van der Waals surface area contributed by atoms with Crippen molar-refractivity contribution in [2.75, 3.05) is 6.61 Å². The zero-order valence-corrected chi connectivity index (χ0v) is 19.9. The van der Waals surface area contributed by atoms with Gasteiger partial charge in [0.25, 0.3) is 5.91 Å². The number of aryl methyl sites for hydroxylation is 1. The third-order valence-electron chi connectivity index (χ3n) is 5.41. The molecule has 0 bridgehead atoms. The van der Waals surface area contributed by atoms with Gasteiger partial charge in [-0.1, -0.05) is 5.16 Å². The van der Waals surface area contributed by atoms with E-state index in [2.05, 4.69) is 20.6 Å². The van der Waals surface area contributed by atoms with E-state index in [4.69, 9.17) is 19.7 Å². The first-order valence-corrected chi connectivity index (χ1v) is 11.1. The molecule has 186 valence electrons. The van der Waals surface area contributed by atoms with Crippen LogP contribution in [0.5, 0.6) is 5.88 Å². The minimum Gasteiger partial charge on any atom is -0.471 e. The summed E-state index contributed by atoms with van der Waals surface area (Å²) >= 11 is 0. The number of carbonyl (C=O) groups excluding carboxylic acids is 2. The Kier molecular flexibility index (Phi) is 6.57. The van der Waals surface area contributed by atoms with E-state index < -0.39 is 29.4 Å². The average molecular weight is 487 g/mol. The maximum Gasteiger partial charge on any atom is 0.270 e. The molecule has 0 aliphatic carbocycles. The Bertz CT molecular complexity index is 1230. The summed E-state index contributed by atoms with van der Waals surface area (Å²) in [6, 6.07) is 3.71. The van der Waals surface area contributed by atoms with Crippen LogP contribution in [0.2, 0.25) is 0 Å².